The van der Waals surface area contributed by atoms with Gasteiger partial charge in [-0.05, 0) is 53.1 Å². The van der Waals surface area contributed by atoms with Crippen LogP contribution in [0.5, 0.6) is 0 Å². The van der Waals surface area contributed by atoms with Gasteiger partial charge in [-0.25, -0.2) is 18.0 Å². The lowest BCUT2D eigenvalue weighted by Crippen LogP contribution is -2.17. The number of carbonyl (C=O) groups is 2. The first-order valence-corrected chi connectivity index (χ1v) is 10.8. The summed E-state index contributed by atoms with van der Waals surface area (Å²) in [7, 11) is -4.85. The van der Waals surface area contributed by atoms with Crippen LogP contribution in [0.15, 0.2) is 71.8 Å². The van der Waals surface area contributed by atoms with E-state index in [0.717, 1.165) is 24.3 Å². The molecule has 192 valence electrons. The highest BCUT2D eigenvalue weighted by Gasteiger charge is 2.37. The molecule has 13 heteroatoms. The van der Waals surface area contributed by atoms with Crippen molar-refractivity contribution in [1.29, 1.82) is 0 Å². The van der Waals surface area contributed by atoms with Gasteiger partial charge in [0.25, 0.3) is 0 Å². The van der Waals surface area contributed by atoms with Crippen LogP contribution in [0.25, 0.3) is 9.81 Å². The Morgan fingerprint density at radius 1 is 0.694 bits per heavy atom. The number of carboxylic acids is 2. The molecule has 36 heavy (non-hydrogen) atoms. The summed E-state index contributed by atoms with van der Waals surface area (Å²) in [6, 6.07) is 5.80. The fraction of sp³-hybridized carbons (Fsp3) is 0.130. The van der Waals surface area contributed by atoms with Gasteiger partial charge < -0.3 is 10.2 Å². The summed E-state index contributed by atoms with van der Waals surface area (Å²) in [5, 5.41) is 18.6. The summed E-state index contributed by atoms with van der Waals surface area (Å²) in [6.07, 6.45) is -8.67. The fourth-order valence-corrected chi connectivity index (χ4v) is 4.93. The molecule has 1 aliphatic rings. The molecule has 0 atom stereocenters. The van der Waals surface area contributed by atoms with Crippen molar-refractivity contribution in [2.24, 2.45) is 0 Å². The van der Waals surface area contributed by atoms with Crippen molar-refractivity contribution in [3.63, 3.8) is 0 Å². The molecule has 6 nitrogen and oxygen atoms in total. The summed E-state index contributed by atoms with van der Waals surface area (Å²) in [4.78, 5) is 21.2. The highest BCUT2D eigenvalue weighted by Crippen LogP contribution is 2.42. The number of aliphatic carboxylic acids is 2. The maximum atomic E-state index is 13.3. The van der Waals surface area contributed by atoms with E-state index >= 15 is 0 Å². The lowest BCUT2D eigenvalue weighted by Gasteiger charge is -2.20. The van der Waals surface area contributed by atoms with Crippen LogP contribution in [-0.4, -0.2) is 30.6 Å². The first-order valence-electron chi connectivity index (χ1n) is 9.28. The molecule has 2 aromatic carbocycles. The molecular weight excluding hydrogens is 518 g/mol. The Morgan fingerprint density at radius 3 is 1.36 bits per heavy atom. The van der Waals surface area contributed by atoms with Crippen LogP contribution in [0.3, 0.4) is 0 Å². The van der Waals surface area contributed by atoms with Gasteiger partial charge in [-0.1, -0.05) is 31.7 Å². The summed E-state index contributed by atoms with van der Waals surface area (Å²) in [5.41, 5.74) is -5.77. The zero-order valence-electron chi connectivity index (χ0n) is 17.0. The quantitative estimate of drug-likeness (QED) is 0.228. The first kappa shape index (κ1) is 28.4. The van der Waals surface area contributed by atoms with E-state index in [-0.39, 0.29) is 7.43 Å². The van der Waals surface area contributed by atoms with E-state index in [9.17, 15) is 54.6 Å². The van der Waals surface area contributed by atoms with Gasteiger partial charge in [-0.15, -0.1) is 0 Å². The Balaban J connectivity index is 0.00000456. The van der Waals surface area contributed by atoms with Crippen molar-refractivity contribution in [2.75, 3.05) is 0 Å². The van der Waals surface area contributed by atoms with Gasteiger partial charge >= 0.3 is 24.3 Å². The summed E-state index contributed by atoms with van der Waals surface area (Å²) >= 11 is 0. The monoisotopic (exact) mass is 534 g/mol. The minimum absolute atomic E-state index is 0. The Kier molecular flexibility index (Phi) is 7.60. The summed E-state index contributed by atoms with van der Waals surface area (Å²) in [5.74, 6) is -4.02. The minimum Gasteiger partial charge on any atom is -0.477 e. The van der Waals surface area contributed by atoms with E-state index in [2.05, 4.69) is 0 Å². The molecule has 3 rings (SSSR count). The number of hydrogen-bond donors (Lipinski definition) is 2. The predicted molar refractivity (Wildman–Crippen MR) is 117 cm³/mol. The second-order valence-electron chi connectivity index (χ2n) is 7.12. The SMILES string of the molecule is C.O=C(O)C(C(=O)O)=C1C=C(c2cccc(C(F)(F)F)c2)S(=O)(=O)C(c2cccc(C(F)(F)F)c2)=C1. The van der Waals surface area contributed by atoms with Crippen LogP contribution in [0.2, 0.25) is 0 Å². The molecular formula is C23H16F6O6S. The second kappa shape index (κ2) is 9.64. The highest BCUT2D eigenvalue weighted by atomic mass is 32.2. The van der Waals surface area contributed by atoms with Crippen LogP contribution in [0.1, 0.15) is 29.7 Å². The third-order valence-corrected chi connectivity index (χ3v) is 6.68. The topological polar surface area (TPSA) is 109 Å². The van der Waals surface area contributed by atoms with E-state index < -0.39 is 77.3 Å². The lowest BCUT2D eigenvalue weighted by atomic mass is 10.0. The Hall–Kier alpha value is -3.87. The van der Waals surface area contributed by atoms with Crippen LogP contribution in [0, 0.1) is 0 Å². The third-order valence-electron chi connectivity index (χ3n) is 4.82. The number of alkyl halides is 6. The van der Waals surface area contributed by atoms with Crippen molar-refractivity contribution < 1.29 is 54.6 Å². The molecule has 0 spiro atoms. The van der Waals surface area contributed by atoms with Gasteiger partial charge in [-0.3, -0.25) is 0 Å². The van der Waals surface area contributed by atoms with Gasteiger partial charge in [0.15, 0.2) is 5.57 Å². The smallest absolute Gasteiger partial charge is 0.416 e. The third kappa shape index (κ3) is 5.51. The van der Waals surface area contributed by atoms with E-state index in [1.165, 1.54) is 0 Å². The standard InChI is InChI=1S/C22H12F6O6S.CH4/c23-21(24,25)14-5-1-3-11(7-14)16-9-13(18(19(29)30)20(31)32)10-17(35(16,33)34)12-4-2-6-15(8-12)22(26,27)28;/h1-10H,(H,29,30)(H,31,32);1H4. The Morgan fingerprint density at radius 2 is 1.06 bits per heavy atom. The maximum absolute atomic E-state index is 13.3. The first-order chi connectivity index (χ1) is 16.0. The van der Waals surface area contributed by atoms with Crippen molar-refractivity contribution in [2.45, 2.75) is 19.8 Å². The molecule has 0 unspecified atom stereocenters. The minimum atomic E-state index is -4.89. The van der Waals surface area contributed by atoms with Gasteiger partial charge in [0.1, 0.15) is 0 Å². The van der Waals surface area contributed by atoms with Crippen molar-refractivity contribution in [1.82, 2.24) is 0 Å². The molecule has 0 fully saturated rings. The van der Waals surface area contributed by atoms with Crippen LogP contribution in [0.4, 0.5) is 26.3 Å². The van der Waals surface area contributed by atoms with Gasteiger partial charge in [-0.2, -0.15) is 26.3 Å². The molecule has 0 saturated carbocycles. The molecule has 1 aliphatic heterocycles. The Labute approximate surface area is 200 Å². The van der Waals surface area contributed by atoms with E-state index in [1.807, 2.05) is 0 Å². The largest absolute Gasteiger partial charge is 0.477 e. The second-order valence-corrected chi connectivity index (χ2v) is 9.00. The van der Waals surface area contributed by atoms with Crippen LogP contribution in [-0.2, 0) is 31.8 Å². The van der Waals surface area contributed by atoms with Crippen LogP contribution < -0.4 is 0 Å². The van der Waals surface area contributed by atoms with Gasteiger partial charge in [0.05, 0.1) is 20.9 Å². The number of sulfone groups is 1. The zero-order chi connectivity index (χ0) is 26.3. The van der Waals surface area contributed by atoms with E-state index in [4.69, 9.17) is 0 Å². The molecule has 0 aromatic heterocycles. The van der Waals surface area contributed by atoms with E-state index in [1.54, 1.807) is 0 Å². The fourth-order valence-electron chi connectivity index (χ4n) is 3.26. The molecule has 2 aromatic rings. The average Bonchev–Trinajstić information content (AvgIpc) is 2.73. The number of hydrogen-bond acceptors (Lipinski definition) is 4. The van der Waals surface area contributed by atoms with Gasteiger partial charge in [0, 0.05) is 0 Å². The Bertz CT molecular complexity index is 1330. The summed E-state index contributed by atoms with van der Waals surface area (Å²) < 4.78 is 106. The number of halogens is 6. The van der Waals surface area contributed by atoms with E-state index in [0.29, 0.717) is 36.4 Å². The van der Waals surface area contributed by atoms with Crippen molar-refractivity contribution in [3.8, 4) is 0 Å². The normalized spacial score (nSPS) is 15.3. The van der Waals surface area contributed by atoms with Gasteiger partial charge in [0.2, 0.25) is 9.84 Å². The molecule has 0 amide bonds. The average molecular weight is 534 g/mol. The number of carboxylic acid groups (broad SMARTS) is 2. The summed E-state index contributed by atoms with van der Waals surface area (Å²) in [6.45, 7) is 0. The number of allylic oxidation sites excluding steroid dienone is 3. The molecule has 2 N–H and O–H groups in total. The molecule has 0 bridgehead atoms. The molecule has 0 aliphatic carbocycles. The highest BCUT2D eigenvalue weighted by molar-refractivity contribution is 8.09. The zero-order valence-corrected chi connectivity index (χ0v) is 17.8. The predicted octanol–water partition coefficient (Wildman–Crippen LogP) is 5.64. The number of rotatable bonds is 4. The van der Waals surface area contributed by atoms with Crippen molar-refractivity contribution >= 4 is 31.6 Å². The molecule has 0 radical (unpaired) electrons. The number of benzene rings is 2. The lowest BCUT2D eigenvalue weighted by molar-refractivity contribution is -0.141. The molecule has 1 heterocycles. The maximum Gasteiger partial charge on any atom is 0.416 e. The van der Waals surface area contributed by atoms with Crippen molar-refractivity contribution in [3.05, 3.63) is 94.1 Å². The van der Waals surface area contributed by atoms with Crippen LogP contribution >= 0.6 is 0 Å². The molecule has 0 saturated heterocycles.